The van der Waals surface area contributed by atoms with Crippen molar-refractivity contribution >= 4 is 17.6 Å². The van der Waals surface area contributed by atoms with E-state index in [4.69, 9.17) is 15.2 Å². The molecule has 1 atom stereocenters. The molecule has 8 heteroatoms. The van der Waals surface area contributed by atoms with Gasteiger partial charge in [-0.25, -0.2) is 4.79 Å². The average Bonchev–Trinajstić information content (AvgIpc) is 2.50. The highest BCUT2D eigenvalue weighted by Crippen LogP contribution is 2.18. The molecule has 0 aromatic heterocycles. The third-order valence-electron chi connectivity index (χ3n) is 3.13. The van der Waals surface area contributed by atoms with Gasteiger partial charge in [-0.05, 0) is 45.7 Å². The van der Waals surface area contributed by atoms with E-state index in [1.807, 2.05) is 0 Å². The number of nitro benzene ring substituents is 1. The molecule has 1 aromatic rings. The van der Waals surface area contributed by atoms with Gasteiger partial charge in [-0.3, -0.25) is 14.9 Å². The number of nitrogens with zero attached hydrogens (tertiary/aromatic N) is 1. The summed E-state index contributed by atoms with van der Waals surface area (Å²) in [5, 5.41) is 10.6. The van der Waals surface area contributed by atoms with Crippen molar-refractivity contribution in [3.8, 4) is 5.75 Å². The number of carbonyl (C=O) groups is 2. The molecule has 0 aliphatic carbocycles. The first-order valence-corrected chi connectivity index (χ1v) is 8.02. The van der Waals surface area contributed by atoms with Gasteiger partial charge in [0.05, 0.1) is 4.92 Å². The molecular weight excluding hydrogens is 328 g/mol. The molecule has 0 aliphatic rings. The van der Waals surface area contributed by atoms with Gasteiger partial charge in [0.1, 0.15) is 17.4 Å². The van der Waals surface area contributed by atoms with Crippen molar-refractivity contribution in [2.24, 2.45) is 5.73 Å². The van der Waals surface area contributed by atoms with E-state index in [-0.39, 0.29) is 23.8 Å². The van der Waals surface area contributed by atoms with E-state index in [1.54, 1.807) is 20.8 Å². The Balaban J connectivity index is 2.32. The number of unbranched alkanes of at least 4 members (excludes halogenated alkanes) is 1. The number of ether oxygens (including phenoxy) is 2. The number of nitrogens with two attached hydrogens (primary N) is 1. The molecule has 0 radical (unpaired) electrons. The molecule has 1 rings (SSSR count). The Labute approximate surface area is 146 Å². The topological polar surface area (TPSA) is 122 Å². The van der Waals surface area contributed by atoms with Gasteiger partial charge in [-0.15, -0.1) is 0 Å². The number of hydrogen-bond acceptors (Lipinski definition) is 7. The van der Waals surface area contributed by atoms with E-state index in [0.717, 1.165) is 0 Å². The Morgan fingerprint density at radius 3 is 2.32 bits per heavy atom. The standard InChI is InChI=1S/C17H24N2O6/c1-17(2,3)25-15(20)7-5-4-6-14(18)16(21)24-13-10-8-12(9-11-13)19(22)23/h8-11,14H,4-7,18H2,1-3H3. The van der Waals surface area contributed by atoms with Crippen LogP contribution in [0.2, 0.25) is 0 Å². The lowest BCUT2D eigenvalue weighted by molar-refractivity contribution is -0.384. The van der Waals surface area contributed by atoms with Gasteiger partial charge in [0, 0.05) is 18.6 Å². The minimum Gasteiger partial charge on any atom is -0.460 e. The van der Waals surface area contributed by atoms with Crippen LogP contribution in [-0.4, -0.2) is 28.5 Å². The van der Waals surface area contributed by atoms with E-state index in [2.05, 4.69) is 0 Å². The smallest absolute Gasteiger partial charge is 0.328 e. The molecule has 1 unspecified atom stereocenters. The Bertz CT molecular complexity index is 607. The Morgan fingerprint density at radius 1 is 1.20 bits per heavy atom. The van der Waals surface area contributed by atoms with Crippen LogP contribution in [0.1, 0.15) is 46.5 Å². The summed E-state index contributed by atoms with van der Waals surface area (Å²) in [5.41, 5.74) is 5.16. The van der Waals surface area contributed by atoms with Crippen molar-refractivity contribution in [1.29, 1.82) is 0 Å². The lowest BCUT2D eigenvalue weighted by Gasteiger charge is -2.19. The Hall–Kier alpha value is -2.48. The summed E-state index contributed by atoms with van der Waals surface area (Å²) in [6, 6.07) is 4.34. The first kappa shape index (κ1) is 20.6. The molecule has 0 aliphatic heterocycles. The second-order valence-electron chi connectivity index (χ2n) is 6.61. The van der Waals surface area contributed by atoms with E-state index >= 15 is 0 Å². The number of benzene rings is 1. The zero-order chi connectivity index (χ0) is 19.0. The zero-order valence-electron chi connectivity index (χ0n) is 14.7. The highest BCUT2D eigenvalue weighted by atomic mass is 16.6. The van der Waals surface area contributed by atoms with Crippen molar-refractivity contribution in [2.45, 2.75) is 58.1 Å². The van der Waals surface area contributed by atoms with Crippen LogP contribution in [0.15, 0.2) is 24.3 Å². The summed E-state index contributed by atoms with van der Waals surface area (Å²) in [4.78, 5) is 33.5. The molecule has 0 amide bonds. The number of non-ortho nitro benzene ring substituents is 1. The lowest BCUT2D eigenvalue weighted by atomic mass is 10.1. The summed E-state index contributed by atoms with van der Waals surface area (Å²) in [5.74, 6) is -0.708. The van der Waals surface area contributed by atoms with Crippen LogP contribution in [0, 0.1) is 10.1 Å². The first-order chi connectivity index (χ1) is 11.6. The molecule has 0 saturated heterocycles. The quantitative estimate of drug-likeness (QED) is 0.251. The maximum Gasteiger partial charge on any atom is 0.328 e. The number of rotatable bonds is 8. The van der Waals surface area contributed by atoms with Crippen molar-refractivity contribution in [3.05, 3.63) is 34.4 Å². The van der Waals surface area contributed by atoms with E-state index in [0.29, 0.717) is 19.3 Å². The number of esters is 2. The molecule has 2 N–H and O–H groups in total. The average molecular weight is 352 g/mol. The summed E-state index contributed by atoms with van der Waals surface area (Å²) < 4.78 is 10.3. The molecule has 25 heavy (non-hydrogen) atoms. The largest absolute Gasteiger partial charge is 0.460 e. The molecule has 0 fully saturated rings. The molecule has 0 bridgehead atoms. The molecule has 138 valence electrons. The predicted octanol–water partition coefficient (Wildman–Crippen LogP) is 2.73. The summed E-state index contributed by atoms with van der Waals surface area (Å²) in [6.45, 7) is 5.40. The Morgan fingerprint density at radius 2 is 1.80 bits per heavy atom. The summed E-state index contributed by atoms with van der Waals surface area (Å²) in [6.07, 6.45) is 1.78. The van der Waals surface area contributed by atoms with Crippen LogP contribution < -0.4 is 10.5 Å². The third-order valence-corrected chi connectivity index (χ3v) is 3.13. The molecule has 1 aromatic carbocycles. The van der Waals surface area contributed by atoms with Crippen LogP contribution in [0.3, 0.4) is 0 Å². The molecular formula is C17H24N2O6. The summed E-state index contributed by atoms with van der Waals surface area (Å²) in [7, 11) is 0. The monoisotopic (exact) mass is 352 g/mol. The fraction of sp³-hybridized carbons (Fsp3) is 0.529. The maximum atomic E-state index is 11.9. The minimum atomic E-state index is -0.825. The second-order valence-corrected chi connectivity index (χ2v) is 6.61. The van der Waals surface area contributed by atoms with Gasteiger partial charge in [-0.2, -0.15) is 0 Å². The van der Waals surface area contributed by atoms with Crippen LogP contribution in [0.5, 0.6) is 5.75 Å². The van der Waals surface area contributed by atoms with E-state index in [1.165, 1.54) is 24.3 Å². The Kier molecular flexibility index (Phi) is 7.50. The maximum absolute atomic E-state index is 11.9. The number of hydrogen-bond donors (Lipinski definition) is 1. The molecule has 0 heterocycles. The molecule has 0 spiro atoms. The van der Waals surface area contributed by atoms with E-state index < -0.39 is 22.5 Å². The molecule has 0 saturated carbocycles. The van der Waals surface area contributed by atoms with Gasteiger partial charge < -0.3 is 15.2 Å². The highest BCUT2D eigenvalue weighted by Gasteiger charge is 2.18. The van der Waals surface area contributed by atoms with Gasteiger partial charge >= 0.3 is 11.9 Å². The first-order valence-electron chi connectivity index (χ1n) is 8.02. The van der Waals surface area contributed by atoms with Gasteiger partial charge in [0.15, 0.2) is 0 Å². The van der Waals surface area contributed by atoms with E-state index in [9.17, 15) is 19.7 Å². The predicted molar refractivity (Wildman–Crippen MR) is 91.0 cm³/mol. The summed E-state index contributed by atoms with van der Waals surface area (Å²) >= 11 is 0. The van der Waals surface area contributed by atoms with Gasteiger partial charge in [0.2, 0.25) is 0 Å². The number of carbonyl (C=O) groups excluding carboxylic acids is 2. The van der Waals surface area contributed by atoms with Crippen LogP contribution >= 0.6 is 0 Å². The van der Waals surface area contributed by atoms with Gasteiger partial charge in [0.25, 0.3) is 5.69 Å². The molecule has 8 nitrogen and oxygen atoms in total. The fourth-order valence-electron chi connectivity index (χ4n) is 1.97. The van der Waals surface area contributed by atoms with Crippen LogP contribution in [0.25, 0.3) is 0 Å². The van der Waals surface area contributed by atoms with Gasteiger partial charge in [-0.1, -0.05) is 6.42 Å². The zero-order valence-corrected chi connectivity index (χ0v) is 14.7. The normalized spacial score (nSPS) is 12.3. The van der Waals surface area contributed by atoms with Crippen molar-refractivity contribution in [1.82, 2.24) is 0 Å². The number of nitro groups is 1. The lowest BCUT2D eigenvalue weighted by Crippen LogP contribution is -2.34. The SMILES string of the molecule is CC(C)(C)OC(=O)CCCCC(N)C(=O)Oc1ccc([N+](=O)[O-])cc1. The van der Waals surface area contributed by atoms with Crippen molar-refractivity contribution < 1.29 is 24.0 Å². The van der Waals surface area contributed by atoms with Crippen molar-refractivity contribution in [3.63, 3.8) is 0 Å². The second kappa shape index (κ2) is 9.12. The van der Waals surface area contributed by atoms with Crippen LogP contribution in [0.4, 0.5) is 5.69 Å². The third kappa shape index (κ3) is 8.25. The van der Waals surface area contributed by atoms with Crippen molar-refractivity contribution in [2.75, 3.05) is 0 Å². The highest BCUT2D eigenvalue weighted by molar-refractivity contribution is 5.78. The van der Waals surface area contributed by atoms with Crippen LogP contribution in [-0.2, 0) is 14.3 Å². The fourth-order valence-corrected chi connectivity index (χ4v) is 1.97. The minimum absolute atomic E-state index is 0.0914.